The Bertz CT molecular complexity index is 713. The molecule has 0 bridgehead atoms. The molecule has 92 valence electrons. The monoisotopic (exact) mass is 262 g/mol. The Hall–Kier alpha value is -2.33. The summed E-state index contributed by atoms with van der Waals surface area (Å²) in [6.45, 7) is 0. The van der Waals surface area contributed by atoms with E-state index >= 15 is 0 Å². The van der Waals surface area contributed by atoms with E-state index in [1.54, 1.807) is 25.2 Å². The number of sulfonamides is 1. The van der Waals surface area contributed by atoms with Gasteiger partial charge in [-0.1, -0.05) is 6.07 Å². The quantitative estimate of drug-likeness (QED) is 0.896. The van der Waals surface area contributed by atoms with Gasteiger partial charge < -0.3 is 0 Å². The highest BCUT2D eigenvalue weighted by atomic mass is 32.2. The summed E-state index contributed by atoms with van der Waals surface area (Å²) in [5, 5.41) is 12.6. The van der Waals surface area contributed by atoms with Crippen LogP contribution in [0.4, 0.5) is 5.69 Å². The van der Waals surface area contributed by atoms with Crippen molar-refractivity contribution in [2.45, 2.75) is 5.03 Å². The third-order valence-electron chi connectivity index (χ3n) is 2.30. The number of hydrogen-bond acceptors (Lipinski definition) is 4. The van der Waals surface area contributed by atoms with Crippen molar-refractivity contribution in [3.05, 3.63) is 42.1 Å². The Morgan fingerprint density at radius 3 is 2.78 bits per heavy atom. The van der Waals surface area contributed by atoms with E-state index in [1.807, 2.05) is 6.07 Å². The van der Waals surface area contributed by atoms with Crippen molar-refractivity contribution in [3.63, 3.8) is 0 Å². The van der Waals surface area contributed by atoms with Crippen molar-refractivity contribution in [3.8, 4) is 6.07 Å². The van der Waals surface area contributed by atoms with E-state index in [0.717, 1.165) is 0 Å². The van der Waals surface area contributed by atoms with Gasteiger partial charge in [0.1, 0.15) is 0 Å². The molecular weight excluding hydrogens is 252 g/mol. The Labute approximate surface area is 105 Å². The van der Waals surface area contributed by atoms with Crippen LogP contribution in [-0.4, -0.2) is 18.2 Å². The molecule has 0 atom stereocenters. The summed E-state index contributed by atoms with van der Waals surface area (Å²) in [5.74, 6) is 0. The van der Waals surface area contributed by atoms with E-state index in [9.17, 15) is 8.42 Å². The fraction of sp³-hybridized carbons (Fsp3) is 0.0909. The molecule has 0 saturated carbocycles. The SMILES string of the molecule is Cn1nccc1S(=O)(=O)Nc1cccc(C#N)c1. The second-order valence-corrected chi connectivity index (χ2v) is 5.22. The van der Waals surface area contributed by atoms with E-state index in [-0.39, 0.29) is 5.03 Å². The zero-order valence-electron chi connectivity index (χ0n) is 9.53. The van der Waals surface area contributed by atoms with Gasteiger partial charge in [0.05, 0.1) is 23.5 Å². The number of aryl methyl sites for hydroxylation is 1. The predicted octanol–water partition coefficient (Wildman–Crippen LogP) is 1.09. The summed E-state index contributed by atoms with van der Waals surface area (Å²) in [5.41, 5.74) is 0.732. The minimum atomic E-state index is -3.68. The number of aromatic nitrogens is 2. The van der Waals surface area contributed by atoms with E-state index in [1.165, 1.54) is 23.0 Å². The van der Waals surface area contributed by atoms with Gasteiger partial charge in [-0.05, 0) is 24.3 Å². The van der Waals surface area contributed by atoms with Crippen LogP contribution in [-0.2, 0) is 17.1 Å². The minimum Gasteiger partial charge on any atom is -0.278 e. The molecule has 1 heterocycles. The van der Waals surface area contributed by atoms with Gasteiger partial charge in [0.15, 0.2) is 5.03 Å². The topological polar surface area (TPSA) is 87.8 Å². The third-order valence-corrected chi connectivity index (χ3v) is 3.75. The fourth-order valence-corrected chi connectivity index (χ4v) is 2.66. The van der Waals surface area contributed by atoms with Crippen molar-refractivity contribution < 1.29 is 8.42 Å². The third kappa shape index (κ3) is 2.33. The maximum absolute atomic E-state index is 12.0. The molecule has 1 aromatic heterocycles. The number of nitrogens with zero attached hydrogens (tertiary/aromatic N) is 3. The van der Waals surface area contributed by atoms with Crippen molar-refractivity contribution in [2.75, 3.05) is 4.72 Å². The van der Waals surface area contributed by atoms with E-state index < -0.39 is 10.0 Å². The number of nitrogens with one attached hydrogen (secondary N) is 1. The molecule has 0 amide bonds. The average Bonchev–Trinajstić information content (AvgIpc) is 2.76. The van der Waals surface area contributed by atoms with Crippen LogP contribution in [0.5, 0.6) is 0 Å². The van der Waals surface area contributed by atoms with Crippen LogP contribution in [0.2, 0.25) is 0 Å². The maximum atomic E-state index is 12.0. The number of hydrogen-bond donors (Lipinski definition) is 1. The number of rotatable bonds is 3. The molecule has 1 N–H and O–H groups in total. The summed E-state index contributed by atoms with van der Waals surface area (Å²) in [6.07, 6.45) is 1.40. The zero-order valence-corrected chi connectivity index (χ0v) is 10.3. The first-order valence-electron chi connectivity index (χ1n) is 5.04. The number of benzene rings is 1. The first-order chi connectivity index (χ1) is 8.53. The molecular formula is C11H10N4O2S. The van der Waals surface area contributed by atoms with Gasteiger partial charge in [0.2, 0.25) is 0 Å². The Morgan fingerprint density at radius 2 is 2.17 bits per heavy atom. The molecule has 0 saturated heterocycles. The van der Waals surface area contributed by atoms with E-state index in [0.29, 0.717) is 11.3 Å². The summed E-state index contributed by atoms with van der Waals surface area (Å²) < 4.78 is 27.7. The summed E-state index contributed by atoms with van der Waals surface area (Å²) >= 11 is 0. The van der Waals surface area contributed by atoms with Crippen LogP contribution in [0.15, 0.2) is 41.6 Å². The molecule has 1 aromatic carbocycles. The molecule has 0 radical (unpaired) electrons. The highest BCUT2D eigenvalue weighted by Gasteiger charge is 2.17. The first-order valence-corrected chi connectivity index (χ1v) is 6.52. The Kier molecular flexibility index (Phi) is 3.04. The zero-order chi connectivity index (χ0) is 13.2. The van der Waals surface area contributed by atoms with Gasteiger partial charge >= 0.3 is 0 Å². The Balaban J connectivity index is 2.34. The molecule has 0 unspecified atom stereocenters. The van der Waals surface area contributed by atoms with Gasteiger partial charge in [0, 0.05) is 7.05 Å². The smallest absolute Gasteiger partial charge is 0.278 e. The highest BCUT2D eigenvalue weighted by molar-refractivity contribution is 7.92. The highest BCUT2D eigenvalue weighted by Crippen LogP contribution is 2.16. The molecule has 2 aromatic rings. The van der Waals surface area contributed by atoms with Crippen molar-refractivity contribution in [1.29, 1.82) is 5.26 Å². The first kappa shape index (κ1) is 12.1. The van der Waals surface area contributed by atoms with Crippen LogP contribution in [0.25, 0.3) is 0 Å². The molecule has 0 aliphatic rings. The predicted molar refractivity (Wildman–Crippen MR) is 65.2 cm³/mol. The number of anilines is 1. The minimum absolute atomic E-state index is 0.0601. The summed E-state index contributed by atoms with van der Waals surface area (Å²) in [6, 6.07) is 9.60. The van der Waals surface area contributed by atoms with Crippen LogP contribution in [0.1, 0.15) is 5.56 Å². The summed E-state index contributed by atoms with van der Waals surface area (Å²) in [4.78, 5) is 0. The lowest BCUT2D eigenvalue weighted by atomic mass is 10.2. The fourth-order valence-electron chi connectivity index (χ4n) is 1.49. The van der Waals surface area contributed by atoms with E-state index in [2.05, 4.69) is 9.82 Å². The standard InChI is InChI=1S/C11H10N4O2S/c1-15-11(5-6-13-15)18(16,17)14-10-4-2-3-9(7-10)8-12/h2-7,14H,1H3. The second kappa shape index (κ2) is 4.50. The van der Waals surface area contributed by atoms with Crippen molar-refractivity contribution >= 4 is 15.7 Å². The van der Waals surface area contributed by atoms with Gasteiger partial charge in [0.25, 0.3) is 10.0 Å². The lowest BCUT2D eigenvalue weighted by molar-refractivity contribution is 0.582. The molecule has 0 aliphatic carbocycles. The molecule has 7 heteroatoms. The van der Waals surface area contributed by atoms with Gasteiger partial charge in [-0.2, -0.15) is 18.8 Å². The molecule has 2 rings (SSSR count). The van der Waals surface area contributed by atoms with Crippen LogP contribution in [0, 0.1) is 11.3 Å². The van der Waals surface area contributed by atoms with Crippen LogP contribution in [0.3, 0.4) is 0 Å². The lowest BCUT2D eigenvalue weighted by Crippen LogP contribution is -2.16. The molecule has 18 heavy (non-hydrogen) atoms. The van der Waals surface area contributed by atoms with E-state index in [4.69, 9.17) is 5.26 Å². The molecule has 0 spiro atoms. The molecule has 0 fully saturated rings. The van der Waals surface area contributed by atoms with Crippen molar-refractivity contribution in [2.24, 2.45) is 7.05 Å². The van der Waals surface area contributed by atoms with Crippen LogP contribution < -0.4 is 4.72 Å². The lowest BCUT2D eigenvalue weighted by Gasteiger charge is -2.07. The summed E-state index contributed by atoms with van der Waals surface area (Å²) in [7, 11) is -2.14. The van der Waals surface area contributed by atoms with Crippen molar-refractivity contribution in [1.82, 2.24) is 9.78 Å². The van der Waals surface area contributed by atoms with Gasteiger partial charge in [-0.25, -0.2) is 0 Å². The van der Waals surface area contributed by atoms with Gasteiger partial charge in [-0.3, -0.25) is 9.40 Å². The molecule has 6 nitrogen and oxygen atoms in total. The van der Waals surface area contributed by atoms with Gasteiger partial charge in [-0.15, -0.1) is 0 Å². The largest absolute Gasteiger partial charge is 0.279 e. The molecule has 0 aliphatic heterocycles. The number of nitriles is 1. The maximum Gasteiger partial charge on any atom is 0.279 e. The average molecular weight is 262 g/mol. The van der Waals surface area contributed by atoms with Crippen LogP contribution >= 0.6 is 0 Å². The Morgan fingerprint density at radius 1 is 1.39 bits per heavy atom. The normalized spacial score (nSPS) is 10.9. The second-order valence-electron chi connectivity index (χ2n) is 3.59.